The molecule has 1 unspecified atom stereocenters. The Hall–Kier alpha value is -8.00. The van der Waals surface area contributed by atoms with Gasteiger partial charge in [-0.1, -0.05) is 206 Å². The summed E-state index contributed by atoms with van der Waals surface area (Å²) in [6, 6.07) is 95.3. The highest BCUT2D eigenvalue weighted by atomic mass is 15.1. The van der Waals surface area contributed by atoms with E-state index in [4.69, 9.17) is 0 Å². The Morgan fingerprint density at radius 2 is 0.677 bits per heavy atom. The number of benzene rings is 10. The average molecular weight is 790 g/mol. The fourth-order valence-corrected chi connectivity index (χ4v) is 9.71. The first-order valence-corrected chi connectivity index (χ1v) is 21.4. The number of para-hydroxylation sites is 1. The minimum absolute atomic E-state index is 0.576. The van der Waals surface area contributed by atoms with Crippen LogP contribution in [-0.2, 0) is 5.41 Å². The predicted molar refractivity (Wildman–Crippen MR) is 260 cm³/mol. The summed E-state index contributed by atoms with van der Waals surface area (Å²) in [5.41, 5.74) is 20.0. The second-order valence-corrected chi connectivity index (χ2v) is 16.1. The summed E-state index contributed by atoms with van der Waals surface area (Å²) in [4.78, 5) is 2.35. The molecule has 0 fully saturated rings. The zero-order valence-corrected chi connectivity index (χ0v) is 34.3. The second kappa shape index (κ2) is 15.9. The third-order valence-electron chi connectivity index (χ3n) is 12.5. The summed E-state index contributed by atoms with van der Waals surface area (Å²) in [5.74, 6) is 0. The van der Waals surface area contributed by atoms with Gasteiger partial charge in [0.1, 0.15) is 0 Å². The fraction of sp³-hybridized carbons (Fsp3) is 0.0164. The van der Waals surface area contributed by atoms with E-state index in [1.165, 1.54) is 77.9 Å². The van der Waals surface area contributed by atoms with Crippen molar-refractivity contribution in [3.05, 3.63) is 283 Å². The van der Waals surface area contributed by atoms with Gasteiger partial charge in [-0.25, -0.2) is 0 Å². The van der Waals surface area contributed by atoms with Gasteiger partial charge in [0.15, 0.2) is 0 Å². The van der Waals surface area contributed by atoms with Crippen molar-refractivity contribution in [3.63, 3.8) is 0 Å². The van der Waals surface area contributed by atoms with E-state index < -0.39 is 5.41 Å². The number of hydrogen-bond acceptors (Lipinski definition) is 1. The Morgan fingerprint density at radius 3 is 1.29 bits per heavy atom. The van der Waals surface area contributed by atoms with Gasteiger partial charge in [0.05, 0.1) is 5.41 Å². The fourth-order valence-electron chi connectivity index (χ4n) is 9.71. The van der Waals surface area contributed by atoms with Gasteiger partial charge in [-0.15, -0.1) is 0 Å². The lowest BCUT2D eigenvalue weighted by molar-refractivity contribution is 0.769. The Morgan fingerprint density at radius 1 is 0.242 bits per heavy atom. The molecule has 10 aromatic carbocycles. The van der Waals surface area contributed by atoms with Crippen LogP contribution in [0.25, 0.3) is 55.6 Å². The highest BCUT2D eigenvalue weighted by Gasteiger charge is 2.47. The molecule has 0 saturated heterocycles. The monoisotopic (exact) mass is 789 g/mol. The van der Waals surface area contributed by atoms with Crippen LogP contribution in [0.1, 0.15) is 22.3 Å². The summed E-state index contributed by atoms with van der Waals surface area (Å²) < 4.78 is 0. The highest BCUT2D eigenvalue weighted by Crippen LogP contribution is 2.59. The summed E-state index contributed by atoms with van der Waals surface area (Å²) in [5, 5.41) is 0. The normalized spacial score (nSPS) is 13.9. The molecule has 0 amide bonds. The first-order chi connectivity index (χ1) is 30.8. The standard InChI is InChI=1S/C61H43N/c1-6-19-44(20-7-1)47-33-37-54(38-34-47)62(53-29-14-5-15-30-53)55-39-35-48(36-40-55)57-42-50(46-23-10-3-11-24-46)43-59-60(57)56-31-16-17-32-58(56)61(59,51-26-12-4-13-27-51)52-28-18-25-49(41-52)45-21-8-2-9-22-45/h1-43H. The summed E-state index contributed by atoms with van der Waals surface area (Å²) in [6.45, 7) is 0. The Kier molecular flexibility index (Phi) is 9.48. The predicted octanol–water partition coefficient (Wildman–Crippen LogP) is 16.2. The molecular formula is C61H43N. The number of fused-ring (bicyclic) bond motifs is 3. The number of hydrogen-bond donors (Lipinski definition) is 0. The topological polar surface area (TPSA) is 3.24 Å². The van der Waals surface area contributed by atoms with Gasteiger partial charge in [0.2, 0.25) is 0 Å². The van der Waals surface area contributed by atoms with Crippen LogP contribution in [0.2, 0.25) is 0 Å². The smallest absolute Gasteiger partial charge is 0.0714 e. The second-order valence-electron chi connectivity index (χ2n) is 16.1. The van der Waals surface area contributed by atoms with Crippen LogP contribution >= 0.6 is 0 Å². The molecule has 10 aromatic rings. The zero-order chi connectivity index (χ0) is 41.3. The maximum atomic E-state index is 2.47. The first kappa shape index (κ1) is 37.0. The Balaban J connectivity index is 1.12. The van der Waals surface area contributed by atoms with Crippen molar-refractivity contribution < 1.29 is 0 Å². The molecular weight excluding hydrogens is 747 g/mol. The van der Waals surface area contributed by atoms with E-state index >= 15 is 0 Å². The molecule has 1 heteroatoms. The van der Waals surface area contributed by atoms with E-state index in [0.717, 1.165) is 17.1 Å². The van der Waals surface area contributed by atoms with Gasteiger partial charge in [-0.2, -0.15) is 0 Å². The van der Waals surface area contributed by atoms with Crippen LogP contribution in [0.3, 0.4) is 0 Å². The molecule has 0 radical (unpaired) electrons. The van der Waals surface area contributed by atoms with Gasteiger partial charge in [-0.3, -0.25) is 0 Å². The summed E-state index contributed by atoms with van der Waals surface area (Å²) in [6.07, 6.45) is 0. The molecule has 1 nitrogen and oxygen atoms in total. The minimum Gasteiger partial charge on any atom is -0.311 e. The van der Waals surface area contributed by atoms with E-state index in [2.05, 4.69) is 266 Å². The van der Waals surface area contributed by atoms with Gasteiger partial charge >= 0.3 is 0 Å². The molecule has 1 aliphatic carbocycles. The van der Waals surface area contributed by atoms with Crippen LogP contribution in [0.5, 0.6) is 0 Å². The van der Waals surface area contributed by atoms with Gasteiger partial charge in [0, 0.05) is 17.1 Å². The molecule has 0 bridgehead atoms. The van der Waals surface area contributed by atoms with Crippen molar-refractivity contribution in [1.82, 2.24) is 0 Å². The number of rotatable bonds is 9. The van der Waals surface area contributed by atoms with Crippen LogP contribution in [0.4, 0.5) is 17.1 Å². The lowest BCUT2D eigenvalue weighted by Gasteiger charge is -2.34. The zero-order valence-electron chi connectivity index (χ0n) is 34.3. The van der Waals surface area contributed by atoms with Crippen LogP contribution < -0.4 is 4.90 Å². The molecule has 0 saturated carbocycles. The molecule has 1 atom stereocenters. The lowest BCUT2D eigenvalue weighted by Crippen LogP contribution is -2.28. The highest BCUT2D eigenvalue weighted by molar-refractivity contribution is 5.98. The number of nitrogens with zero attached hydrogens (tertiary/aromatic N) is 1. The summed E-state index contributed by atoms with van der Waals surface area (Å²) >= 11 is 0. The van der Waals surface area contributed by atoms with Gasteiger partial charge in [0.25, 0.3) is 0 Å². The summed E-state index contributed by atoms with van der Waals surface area (Å²) in [7, 11) is 0. The third kappa shape index (κ3) is 6.43. The van der Waals surface area contributed by atoms with Gasteiger partial charge < -0.3 is 4.90 Å². The van der Waals surface area contributed by atoms with Crippen LogP contribution in [0.15, 0.2) is 261 Å². The van der Waals surface area contributed by atoms with Crippen LogP contribution in [-0.4, -0.2) is 0 Å². The van der Waals surface area contributed by atoms with E-state index in [0.29, 0.717) is 0 Å². The molecule has 11 rings (SSSR count). The maximum absolute atomic E-state index is 2.47. The molecule has 62 heavy (non-hydrogen) atoms. The molecule has 0 aliphatic heterocycles. The van der Waals surface area contributed by atoms with Crippen molar-refractivity contribution in [3.8, 4) is 55.6 Å². The Labute approximate surface area is 364 Å². The Bertz CT molecular complexity index is 3120. The minimum atomic E-state index is -0.576. The third-order valence-corrected chi connectivity index (χ3v) is 12.5. The van der Waals surface area contributed by atoms with Crippen molar-refractivity contribution in [2.75, 3.05) is 4.90 Å². The van der Waals surface area contributed by atoms with Crippen LogP contribution in [0, 0.1) is 0 Å². The number of anilines is 3. The molecule has 292 valence electrons. The van der Waals surface area contributed by atoms with Crippen molar-refractivity contribution in [2.45, 2.75) is 5.41 Å². The quantitative estimate of drug-likeness (QED) is 0.141. The molecule has 0 N–H and O–H groups in total. The van der Waals surface area contributed by atoms with Crippen molar-refractivity contribution >= 4 is 17.1 Å². The van der Waals surface area contributed by atoms with E-state index in [-0.39, 0.29) is 0 Å². The first-order valence-electron chi connectivity index (χ1n) is 21.4. The van der Waals surface area contributed by atoms with Gasteiger partial charge in [-0.05, 0) is 132 Å². The molecule has 0 spiro atoms. The molecule has 0 aromatic heterocycles. The molecule has 1 aliphatic rings. The lowest BCUT2D eigenvalue weighted by atomic mass is 9.67. The maximum Gasteiger partial charge on any atom is 0.0714 e. The average Bonchev–Trinajstić information content (AvgIpc) is 3.67. The van der Waals surface area contributed by atoms with E-state index in [9.17, 15) is 0 Å². The largest absolute Gasteiger partial charge is 0.311 e. The van der Waals surface area contributed by atoms with Crippen molar-refractivity contribution in [2.24, 2.45) is 0 Å². The van der Waals surface area contributed by atoms with E-state index in [1.807, 2.05) is 0 Å². The SMILES string of the molecule is c1ccc(-c2ccc(N(c3ccccc3)c3ccc(-c4cc(-c5ccccc5)cc5c4-c4ccccc4C5(c4ccccc4)c4cccc(-c5ccccc5)c4)cc3)cc2)cc1. The van der Waals surface area contributed by atoms with Crippen molar-refractivity contribution in [1.29, 1.82) is 0 Å². The molecule has 0 heterocycles. The van der Waals surface area contributed by atoms with E-state index in [1.54, 1.807) is 0 Å².